The summed E-state index contributed by atoms with van der Waals surface area (Å²) in [4.78, 5) is 22.4. The minimum atomic E-state index is -3.66. The van der Waals surface area contributed by atoms with Crippen molar-refractivity contribution in [3.8, 4) is 5.75 Å². The Morgan fingerprint density at radius 2 is 1.86 bits per heavy atom. The Morgan fingerprint density at radius 1 is 1.17 bits per heavy atom. The third kappa shape index (κ3) is 6.52. The van der Waals surface area contributed by atoms with Crippen LogP contribution in [0.2, 0.25) is 0 Å². The van der Waals surface area contributed by atoms with Gasteiger partial charge in [0.15, 0.2) is 6.61 Å². The quantitative estimate of drug-likeness (QED) is 0.338. The molecule has 0 fully saturated rings. The van der Waals surface area contributed by atoms with E-state index in [4.69, 9.17) is 9.47 Å². The first-order valence-electron chi connectivity index (χ1n) is 8.49. The summed E-state index contributed by atoms with van der Waals surface area (Å²) in [5.74, 6) is -0.210. The smallest absolute Gasteiger partial charge is 0.271 e. The van der Waals surface area contributed by atoms with Gasteiger partial charge in [0.25, 0.3) is 11.6 Å². The molecule has 0 atom stereocenters. The molecule has 11 heteroatoms. The number of carbonyl (C=O) groups is 1. The van der Waals surface area contributed by atoms with Crippen LogP contribution < -0.4 is 14.8 Å². The van der Waals surface area contributed by atoms with Crippen molar-refractivity contribution in [1.29, 1.82) is 0 Å². The predicted molar refractivity (Wildman–Crippen MR) is 105 cm³/mol. The van der Waals surface area contributed by atoms with E-state index in [1.165, 1.54) is 49.6 Å². The van der Waals surface area contributed by atoms with Crippen molar-refractivity contribution in [2.75, 3.05) is 32.2 Å². The van der Waals surface area contributed by atoms with Crippen LogP contribution >= 0.6 is 0 Å². The number of hydrogen-bond acceptors (Lipinski definition) is 7. The van der Waals surface area contributed by atoms with E-state index in [0.717, 1.165) is 0 Å². The molecule has 0 heterocycles. The lowest BCUT2D eigenvalue weighted by Gasteiger charge is -2.10. The number of ether oxygens (including phenoxy) is 2. The van der Waals surface area contributed by atoms with Gasteiger partial charge in [0.05, 0.1) is 22.1 Å². The SMILES string of the molecule is COCCNS(=O)(=O)c1ccc(OCC(=O)Nc2cc([N+](=O)[O-])ccc2C)cc1. The van der Waals surface area contributed by atoms with Gasteiger partial charge in [-0.15, -0.1) is 0 Å². The average Bonchev–Trinajstić information content (AvgIpc) is 2.68. The summed E-state index contributed by atoms with van der Waals surface area (Å²) < 4.78 is 36.7. The highest BCUT2D eigenvalue weighted by Crippen LogP contribution is 2.22. The van der Waals surface area contributed by atoms with E-state index in [0.29, 0.717) is 17.0 Å². The zero-order valence-electron chi connectivity index (χ0n) is 15.9. The summed E-state index contributed by atoms with van der Waals surface area (Å²) in [5, 5.41) is 13.4. The molecule has 2 aromatic carbocycles. The third-order valence-electron chi connectivity index (χ3n) is 3.81. The molecule has 0 saturated heterocycles. The monoisotopic (exact) mass is 423 g/mol. The maximum atomic E-state index is 12.1. The van der Waals surface area contributed by atoms with Gasteiger partial charge in [-0.05, 0) is 36.8 Å². The van der Waals surface area contributed by atoms with Crippen molar-refractivity contribution in [3.05, 3.63) is 58.1 Å². The second-order valence-electron chi connectivity index (χ2n) is 5.96. The Hall–Kier alpha value is -3.02. The lowest BCUT2D eigenvalue weighted by Crippen LogP contribution is -2.27. The molecule has 0 unspecified atom stereocenters. The zero-order valence-corrected chi connectivity index (χ0v) is 16.7. The topological polar surface area (TPSA) is 137 Å². The van der Waals surface area contributed by atoms with Crippen LogP contribution in [0.5, 0.6) is 5.75 Å². The molecule has 29 heavy (non-hydrogen) atoms. The molecule has 10 nitrogen and oxygen atoms in total. The molecule has 2 rings (SSSR count). The molecule has 0 saturated carbocycles. The zero-order chi connectivity index (χ0) is 21.4. The lowest BCUT2D eigenvalue weighted by molar-refractivity contribution is -0.384. The van der Waals surface area contributed by atoms with Crippen LogP contribution in [0.25, 0.3) is 0 Å². The Bertz CT molecular complexity index is 975. The van der Waals surface area contributed by atoms with Gasteiger partial charge in [-0.1, -0.05) is 6.07 Å². The molecule has 2 N–H and O–H groups in total. The van der Waals surface area contributed by atoms with Gasteiger partial charge >= 0.3 is 0 Å². The van der Waals surface area contributed by atoms with Gasteiger partial charge in [-0.25, -0.2) is 13.1 Å². The van der Waals surface area contributed by atoms with Crippen molar-refractivity contribution >= 4 is 27.3 Å². The first-order valence-corrected chi connectivity index (χ1v) is 9.97. The van der Waals surface area contributed by atoms with Crippen molar-refractivity contribution in [1.82, 2.24) is 4.72 Å². The number of hydrogen-bond donors (Lipinski definition) is 2. The maximum absolute atomic E-state index is 12.1. The molecule has 0 bridgehead atoms. The minimum absolute atomic E-state index is 0.0534. The van der Waals surface area contributed by atoms with Crippen LogP contribution in [0.4, 0.5) is 11.4 Å². The van der Waals surface area contributed by atoms with E-state index in [-0.39, 0.29) is 30.3 Å². The van der Waals surface area contributed by atoms with Crippen molar-refractivity contribution in [3.63, 3.8) is 0 Å². The van der Waals surface area contributed by atoms with Gasteiger partial charge in [0.1, 0.15) is 5.75 Å². The molecule has 156 valence electrons. The standard InChI is InChI=1S/C18H21N3O7S/c1-13-3-4-14(21(23)24)11-17(13)20-18(22)12-28-15-5-7-16(8-6-15)29(25,26)19-9-10-27-2/h3-8,11,19H,9-10,12H2,1-2H3,(H,20,22). The van der Waals surface area contributed by atoms with Crippen LogP contribution in [0.3, 0.4) is 0 Å². The number of sulfonamides is 1. The van der Waals surface area contributed by atoms with Crippen LogP contribution in [-0.4, -0.2) is 46.1 Å². The summed E-state index contributed by atoms with van der Waals surface area (Å²) in [6, 6.07) is 9.72. The Balaban J connectivity index is 1.94. The highest BCUT2D eigenvalue weighted by atomic mass is 32.2. The molecule has 0 aromatic heterocycles. The summed E-state index contributed by atoms with van der Waals surface area (Å²) in [7, 11) is -2.19. The summed E-state index contributed by atoms with van der Waals surface area (Å²) in [6.07, 6.45) is 0. The summed E-state index contributed by atoms with van der Waals surface area (Å²) in [6.45, 7) is 1.76. The number of amides is 1. The fourth-order valence-electron chi connectivity index (χ4n) is 2.27. The molecule has 0 spiro atoms. The van der Waals surface area contributed by atoms with Crippen molar-refractivity contribution in [2.45, 2.75) is 11.8 Å². The molecular formula is C18H21N3O7S. The first kappa shape index (κ1) is 22.3. The van der Waals surface area contributed by atoms with Gasteiger partial charge in [0, 0.05) is 25.8 Å². The van der Waals surface area contributed by atoms with E-state index in [1.54, 1.807) is 6.92 Å². The minimum Gasteiger partial charge on any atom is -0.484 e. The number of non-ortho nitro benzene ring substituents is 1. The number of nitro benzene ring substituents is 1. The van der Waals surface area contributed by atoms with E-state index < -0.39 is 20.9 Å². The van der Waals surface area contributed by atoms with E-state index in [9.17, 15) is 23.3 Å². The number of nitrogens with one attached hydrogen (secondary N) is 2. The maximum Gasteiger partial charge on any atom is 0.271 e. The third-order valence-corrected chi connectivity index (χ3v) is 5.29. The Kier molecular flexibility index (Phi) is 7.65. The molecule has 0 radical (unpaired) electrons. The van der Waals surface area contributed by atoms with Crippen LogP contribution in [0.1, 0.15) is 5.56 Å². The van der Waals surface area contributed by atoms with Gasteiger partial charge in [0.2, 0.25) is 10.0 Å². The molecule has 0 aliphatic rings. The first-order chi connectivity index (χ1) is 13.7. The molecular weight excluding hydrogens is 402 g/mol. The molecule has 0 aliphatic heterocycles. The van der Waals surface area contributed by atoms with E-state index in [2.05, 4.69) is 10.0 Å². The average molecular weight is 423 g/mol. The summed E-state index contributed by atoms with van der Waals surface area (Å²) >= 11 is 0. The highest BCUT2D eigenvalue weighted by Gasteiger charge is 2.14. The number of rotatable bonds is 10. The van der Waals surface area contributed by atoms with Crippen molar-refractivity contribution in [2.24, 2.45) is 0 Å². The highest BCUT2D eigenvalue weighted by molar-refractivity contribution is 7.89. The fourth-order valence-corrected chi connectivity index (χ4v) is 3.28. The van der Waals surface area contributed by atoms with Crippen LogP contribution in [0, 0.1) is 17.0 Å². The van der Waals surface area contributed by atoms with Crippen LogP contribution in [-0.2, 0) is 19.6 Å². The second kappa shape index (κ2) is 9.96. The molecule has 2 aromatic rings. The lowest BCUT2D eigenvalue weighted by atomic mass is 10.2. The number of anilines is 1. The van der Waals surface area contributed by atoms with E-state index in [1.807, 2.05) is 0 Å². The number of nitro groups is 1. The number of benzene rings is 2. The van der Waals surface area contributed by atoms with E-state index >= 15 is 0 Å². The summed E-state index contributed by atoms with van der Waals surface area (Å²) in [5.41, 5.74) is 0.846. The van der Waals surface area contributed by atoms with Gasteiger partial charge in [-0.2, -0.15) is 0 Å². The fraction of sp³-hybridized carbons (Fsp3) is 0.278. The second-order valence-corrected chi connectivity index (χ2v) is 7.72. The number of carbonyl (C=O) groups excluding carboxylic acids is 1. The van der Waals surface area contributed by atoms with Gasteiger partial charge < -0.3 is 14.8 Å². The van der Waals surface area contributed by atoms with Crippen LogP contribution in [0.15, 0.2) is 47.4 Å². The Labute approximate surface area is 168 Å². The number of aryl methyl sites for hydroxylation is 1. The molecule has 0 aliphatic carbocycles. The normalized spacial score (nSPS) is 11.1. The number of nitrogens with zero attached hydrogens (tertiary/aromatic N) is 1. The Morgan fingerprint density at radius 3 is 2.48 bits per heavy atom. The number of methoxy groups -OCH3 is 1. The predicted octanol–water partition coefficient (Wildman–Crippen LogP) is 1.85. The largest absolute Gasteiger partial charge is 0.484 e. The van der Waals surface area contributed by atoms with Gasteiger partial charge in [-0.3, -0.25) is 14.9 Å². The molecule has 1 amide bonds. The van der Waals surface area contributed by atoms with Crippen molar-refractivity contribution < 1.29 is 27.6 Å².